The van der Waals surface area contributed by atoms with E-state index in [9.17, 15) is 0 Å². The summed E-state index contributed by atoms with van der Waals surface area (Å²) >= 11 is 0. The maximum atomic E-state index is 6.52. The van der Waals surface area contributed by atoms with Crippen LogP contribution in [0, 0.1) is 11.3 Å². The Bertz CT molecular complexity index is 256. The molecule has 2 nitrogen and oxygen atoms in total. The lowest BCUT2D eigenvalue weighted by Crippen LogP contribution is -2.56. The Balaban J connectivity index is 1.89. The van der Waals surface area contributed by atoms with Crippen molar-refractivity contribution in [2.24, 2.45) is 17.1 Å². The van der Waals surface area contributed by atoms with Crippen LogP contribution < -0.4 is 5.73 Å². The SMILES string of the molecule is CN(CC1CCCCC1)C1CCCC(C)(C)C1N. The Hall–Kier alpha value is -0.0800. The summed E-state index contributed by atoms with van der Waals surface area (Å²) in [7, 11) is 2.31. The third kappa shape index (κ3) is 3.27. The summed E-state index contributed by atoms with van der Waals surface area (Å²) in [6.07, 6.45) is 11.2. The fourth-order valence-electron chi connectivity index (χ4n) is 4.04. The second kappa shape index (κ2) is 5.92. The highest BCUT2D eigenvalue weighted by Crippen LogP contribution is 2.37. The van der Waals surface area contributed by atoms with E-state index in [1.165, 1.54) is 57.9 Å². The molecule has 2 atom stereocenters. The molecule has 0 aromatic carbocycles. The standard InChI is InChI=1S/C16H32N2/c1-16(2)11-7-10-14(15(16)17)18(3)12-13-8-5-4-6-9-13/h13-15H,4-12,17H2,1-3H3. The quantitative estimate of drug-likeness (QED) is 0.834. The van der Waals surface area contributed by atoms with E-state index in [2.05, 4.69) is 25.8 Å². The second-order valence-corrected chi connectivity index (χ2v) is 7.42. The number of nitrogens with two attached hydrogens (primary N) is 1. The van der Waals surface area contributed by atoms with E-state index in [1.54, 1.807) is 0 Å². The zero-order valence-corrected chi connectivity index (χ0v) is 12.6. The average molecular weight is 252 g/mol. The Morgan fingerprint density at radius 2 is 1.72 bits per heavy atom. The Morgan fingerprint density at radius 1 is 1.06 bits per heavy atom. The van der Waals surface area contributed by atoms with Crippen molar-refractivity contribution >= 4 is 0 Å². The monoisotopic (exact) mass is 252 g/mol. The largest absolute Gasteiger partial charge is 0.326 e. The summed E-state index contributed by atoms with van der Waals surface area (Å²) in [6, 6.07) is 0.954. The van der Waals surface area contributed by atoms with Gasteiger partial charge in [0.1, 0.15) is 0 Å². The van der Waals surface area contributed by atoms with Crippen LogP contribution in [0.5, 0.6) is 0 Å². The third-order valence-electron chi connectivity index (χ3n) is 5.47. The molecule has 0 saturated heterocycles. The van der Waals surface area contributed by atoms with Crippen LogP contribution in [0.1, 0.15) is 65.2 Å². The van der Waals surface area contributed by atoms with Gasteiger partial charge in [0.15, 0.2) is 0 Å². The average Bonchev–Trinajstić information content (AvgIpc) is 2.34. The molecule has 2 heteroatoms. The molecular weight excluding hydrogens is 220 g/mol. The molecule has 2 aliphatic rings. The molecule has 0 heterocycles. The molecule has 2 saturated carbocycles. The van der Waals surface area contributed by atoms with Gasteiger partial charge in [0.2, 0.25) is 0 Å². The molecule has 2 fully saturated rings. The van der Waals surface area contributed by atoms with Crippen molar-refractivity contribution < 1.29 is 0 Å². The van der Waals surface area contributed by atoms with Crippen molar-refractivity contribution in [2.75, 3.05) is 13.6 Å². The fourth-order valence-corrected chi connectivity index (χ4v) is 4.04. The van der Waals surface area contributed by atoms with Gasteiger partial charge in [0.05, 0.1) is 0 Å². The molecule has 0 aromatic heterocycles. The van der Waals surface area contributed by atoms with Gasteiger partial charge in [-0.3, -0.25) is 0 Å². The summed E-state index contributed by atoms with van der Waals surface area (Å²) in [6.45, 7) is 5.96. The topological polar surface area (TPSA) is 29.3 Å². The zero-order valence-electron chi connectivity index (χ0n) is 12.6. The van der Waals surface area contributed by atoms with Crippen LogP contribution in [-0.2, 0) is 0 Å². The number of hydrogen-bond donors (Lipinski definition) is 1. The molecule has 2 N–H and O–H groups in total. The van der Waals surface area contributed by atoms with E-state index >= 15 is 0 Å². The van der Waals surface area contributed by atoms with Gasteiger partial charge in [-0.1, -0.05) is 39.5 Å². The van der Waals surface area contributed by atoms with Crippen LogP contribution in [0.15, 0.2) is 0 Å². The normalized spacial score (nSPS) is 33.8. The summed E-state index contributed by atoms with van der Waals surface area (Å²) in [5.41, 5.74) is 6.84. The lowest BCUT2D eigenvalue weighted by molar-refractivity contribution is 0.0702. The molecule has 0 bridgehead atoms. The first-order valence-corrected chi connectivity index (χ1v) is 7.96. The van der Waals surface area contributed by atoms with Crippen molar-refractivity contribution in [3.63, 3.8) is 0 Å². The summed E-state index contributed by atoms with van der Waals surface area (Å²) in [5, 5.41) is 0. The van der Waals surface area contributed by atoms with Crippen LogP contribution >= 0.6 is 0 Å². The van der Waals surface area contributed by atoms with E-state index in [-0.39, 0.29) is 0 Å². The van der Waals surface area contributed by atoms with Crippen LogP contribution in [0.4, 0.5) is 0 Å². The molecule has 0 spiro atoms. The van der Waals surface area contributed by atoms with Gasteiger partial charge in [-0.25, -0.2) is 0 Å². The Kier molecular flexibility index (Phi) is 4.71. The highest BCUT2D eigenvalue weighted by atomic mass is 15.2. The van der Waals surface area contributed by atoms with Crippen molar-refractivity contribution in [1.29, 1.82) is 0 Å². The number of rotatable bonds is 3. The molecule has 106 valence electrons. The molecule has 0 aromatic rings. The second-order valence-electron chi connectivity index (χ2n) is 7.42. The fraction of sp³-hybridized carbons (Fsp3) is 1.00. The van der Waals surface area contributed by atoms with Crippen molar-refractivity contribution in [2.45, 2.75) is 77.3 Å². The number of nitrogens with zero attached hydrogens (tertiary/aromatic N) is 1. The third-order valence-corrected chi connectivity index (χ3v) is 5.47. The van der Waals surface area contributed by atoms with Crippen molar-refractivity contribution in [1.82, 2.24) is 4.90 Å². The van der Waals surface area contributed by atoms with Gasteiger partial charge in [-0.15, -0.1) is 0 Å². The first-order valence-electron chi connectivity index (χ1n) is 7.96. The van der Waals surface area contributed by atoms with Gasteiger partial charge in [0, 0.05) is 18.6 Å². The minimum atomic E-state index is 0.323. The number of likely N-dealkylation sites (N-methyl/N-ethyl adjacent to an activating group) is 1. The predicted octanol–water partition coefficient (Wildman–Crippen LogP) is 3.40. The van der Waals surface area contributed by atoms with Gasteiger partial charge >= 0.3 is 0 Å². The summed E-state index contributed by atoms with van der Waals surface area (Å²) in [5.74, 6) is 0.931. The zero-order chi connectivity index (χ0) is 13.2. The highest BCUT2D eigenvalue weighted by molar-refractivity contribution is 4.95. The number of hydrogen-bond acceptors (Lipinski definition) is 2. The Morgan fingerprint density at radius 3 is 2.39 bits per heavy atom. The smallest absolute Gasteiger partial charge is 0.0249 e. The Labute approximate surface area is 113 Å². The van der Waals surface area contributed by atoms with Crippen LogP contribution in [0.3, 0.4) is 0 Å². The van der Waals surface area contributed by atoms with Crippen LogP contribution in [-0.4, -0.2) is 30.6 Å². The molecule has 2 rings (SSSR count). The lowest BCUT2D eigenvalue weighted by atomic mass is 9.70. The highest BCUT2D eigenvalue weighted by Gasteiger charge is 2.38. The van der Waals surface area contributed by atoms with E-state index in [0.29, 0.717) is 17.5 Å². The maximum Gasteiger partial charge on any atom is 0.0249 e. The van der Waals surface area contributed by atoms with Crippen LogP contribution in [0.25, 0.3) is 0 Å². The van der Waals surface area contributed by atoms with E-state index in [1.807, 2.05) is 0 Å². The molecule has 18 heavy (non-hydrogen) atoms. The lowest BCUT2D eigenvalue weighted by Gasteiger charge is -2.46. The van der Waals surface area contributed by atoms with E-state index < -0.39 is 0 Å². The molecule has 2 unspecified atom stereocenters. The van der Waals surface area contributed by atoms with Gasteiger partial charge in [-0.05, 0) is 44.1 Å². The van der Waals surface area contributed by atoms with Gasteiger partial charge in [0.25, 0.3) is 0 Å². The molecule has 0 radical (unpaired) electrons. The van der Waals surface area contributed by atoms with Crippen molar-refractivity contribution in [3.8, 4) is 0 Å². The van der Waals surface area contributed by atoms with E-state index in [0.717, 1.165) is 5.92 Å². The van der Waals surface area contributed by atoms with E-state index in [4.69, 9.17) is 5.73 Å². The maximum absolute atomic E-state index is 6.52. The molecule has 0 amide bonds. The van der Waals surface area contributed by atoms with Crippen molar-refractivity contribution in [3.05, 3.63) is 0 Å². The minimum Gasteiger partial charge on any atom is -0.326 e. The predicted molar refractivity (Wildman–Crippen MR) is 78.6 cm³/mol. The first kappa shape index (κ1) is 14.3. The minimum absolute atomic E-state index is 0.323. The first-order chi connectivity index (χ1) is 8.50. The molecule has 2 aliphatic carbocycles. The molecular formula is C16H32N2. The van der Waals surface area contributed by atoms with Gasteiger partial charge in [-0.2, -0.15) is 0 Å². The summed E-state index contributed by atoms with van der Waals surface area (Å²) in [4.78, 5) is 2.58. The molecule has 0 aliphatic heterocycles. The van der Waals surface area contributed by atoms with Gasteiger partial charge < -0.3 is 10.6 Å². The van der Waals surface area contributed by atoms with Crippen LogP contribution in [0.2, 0.25) is 0 Å². The summed E-state index contributed by atoms with van der Waals surface area (Å²) < 4.78 is 0.